The zero-order valence-corrected chi connectivity index (χ0v) is 25.8. The molecule has 3 aromatic rings. The maximum atomic E-state index is 11.9. The molecular formula is C36H45N3O5. The minimum atomic E-state index is -0.885. The monoisotopic (exact) mass is 599 g/mol. The van der Waals surface area contributed by atoms with Crippen LogP contribution in [-0.4, -0.2) is 86.7 Å². The molecule has 1 N–H and O–H groups in total. The van der Waals surface area contributed by atoms with Gasteiger partial charge in [0, 0.05) is 45.8 Å². The predicted octanol–water partition coefficient (Wildman–Crippen LogP) is 5.96. The maximum absolute atomic E-state index is 11.9. The molecule has 234 valence electrons. The van der Waals surface area contributed by atoms with Crippen molar-refractivity contribution in [2.24, 2.45) is 0 Å². The molecule has 2 saturated heterocycles. The van der Waals surface area contributed by atoms with Crippen molar-refractivity contribution in [1.82, 2.24) is 9.80 Å². The Labute approximate surface area is 261 Å². The van der Waals surface area contributed by atoms with Crippen LogP contribution in [0.5, 0.6) is 5.75 Å². The summed E-state index contributed by atoms with van der Waals surface area (Å²) in [6.45, 7) is 7.63. The first-order valence-electron chi connectivity index (χ1n) is 16.0. The molecule has 3 atom stereocenters. The van der Waals surface area contributed by atoms with Crippen LogP contribution in [0.15, 0.2) is 72.8 Å². The molecule has 3 aliphatic rings. The van der Waals surface area contributed by atoms with E-state index in [0.29, 0.717) is 32.2 Å². The fraction of sp³-hybridized carbons (Fsp3) is 0.472. The molecule has 3 aliphatic heterocycles. The van der Waals surface area contributed by atoms with Crippen molar-refractivity contribution in [3.05, 3.63) is 95.1 Å². The first-order chi connectivity index (χ1) is 21.6. The van der Waals surface area contributed by atoms with Gasteiger partial charge in [-0.25, -0.2) is 4.79 Å². The number of rotatable bonds is 11. The van der Waals surface area contributed by atoms with Gasteiger partial charge in [-0.1, -0.05) is 60.7 Å². The van der Waals surface area contributed by atoms with Crippen LogP contribution in [0, 0.1) is 0 Å². The normalized spacial score (nSPS) is 22.1. The molecule has 8 heteroatoms. The third kappa shape index (κ3) is 7.37. The van der Waals surface area contributed by atoms with Crippen LogP contribution in [0.1, 0.15) is 53.4 Å². The Balaban J connectivity index is 1.10. The van der Waals surface area contributed by atoms with Crippen molar-refractivity contribution in [1.29, 1.82) is 0 Å². The molecule has 44 heavy (non-hydrogen) atoms. The Kier molecular flexibility index (Phi) is 10.0. The molecule has 1 amide bonds. The number of benzene rings is 3. The minimum absolute atomic E-state index is 0.139. The van der Waals surface area contributed by atoms with Crippen LogP contribution in [0.4, 0.5) is 10.5 Å². The van der Waals surface area contributed by atoms with Gasteiger partial charge in [-0.2, -0.15) is 0 Å². The number of likely N-dealkylation sites (tertiary alicyclic amines) is 2. The summed E-state index contributed by atoms with van der Waals surface area (Å²) in [4.78, 5) is 18.3. The van der Waals surface area contributed by atoms with Crippen molar-refractivity contribution in [3.8, 4) is 5.75 Å². The van der Waals surface area contributed by atoms with E-state index >= 15 is 0 Å². The number of anilines is 1. The van der Waals surface area contributed by atoms with E-state index in [4.69, 9.17) is 14.2 Å². The van der Waals surface area contributed by atoms with Crippen LogP contribution < -0.4 is 9.64 Å². The summed E-state index contributed by atoms with van der Waals surface area (Å²) < 4.78 is 17.7. The lowest BCUT2D eigenvalue weighted by molar-refractivity contribution is -0.0199. The Morgan fingerprint density at radius 3 is 2.55 bits per heavy atom. The highest BCUT2D eigenvalue weighted by atomic mass is 16.5. The summed E-state index contributed by atoms with van der Waals surface area (Å²) in [5, 5.41) is 9.75. The summed E-state index contributed by atoms with van der Waals surface area (Å²) in [7, 11) is 1.73. The van der Waals surface area contributed by atoms with Gasteiger partial charge in [0.25, 0.3) is 0 Å². The van der Waals surface area contributed by atoms with Gasteiger partial charge in [0.1, 0.15) is 12.4 Å². The second-order valence-corrected chi connectivity index (χ2v) is 12.3. The molecule has 8 nitrogen and oxygen atoms in total. The number of carboxylic acid groups (broad SMARTS) is 1. The molecule has 0 radical (unpaired) electrons. The molecule has 3 unspecified atom stereocenters. The van der Waals surface area contributed by atoms with E-state index in [1.54, 1.807) is 7.11 Å². The van der Waals surface area contributed by atoms with E-state index in [-0.39, 0.29) is 12.0 Å². The topological polar surface area (TPSA) is 74.7 Å². The molecule has 3 aromatic carbocycles. The van der Waals surface area contributed by atoms with Crippen LogP contribution in [-0.2, 0) is 22.6 Å². The fourth-order valence-corrected chi connectivity index (χ4v) is 6.99. The summed E-state index contributed by atoms with van der Waals surface area (Å²) in [5.74, 6) is 1.64. The average molecular weight is 600 g/mol. The number of nitrogens with zero attached hydrogens (tertiary/aromatic N) is 3. The van der Waals surface area contributed by atoms with Crippen molar-refractivity contribution >= 4 is 11.8 Å². The lowest BCUT2D eigenvalue weighted by Gasteiger charge is -2.37. The van der Waals surface area contributed by atoms with E-state index in [9.17, 15) is 9.90 Å². The molecule has 0 saturated carbocycles. The summed E-state index contributed by atoms with van der Waals surface area (Å²) in [6, 6.07) is 26.0. The largest absolute Gasteiger partial charge is 0.490 e. The van der Waals surface area contributed by atoms with Crippen molar-refractivity contribution < 1.29 is 24.1 Å². The van der Waals surface area contributed by atoms with Gasteiger partial charge in [0.2, 0.25) is 0 Å². The second-order valence-electron chi connectivity index (χ2n) is 12.3. The minimum Gasteiger partial charge on any atom is -0.490 e. The molecular weight excluding hydrogens is 554 g/mol. The van der Waals surface area contributed by atoms with E-state index in [1.807, 2.05) is 6.07 Å². The van der Waals surface area contributed by atoms with Crippen LogP contribution in [0.3, 0.4) is 0 Å². The van der Waals surface area contributed by atoms with Gasteiger partial charge in [-0.3, -0.25) is 4.90 Å². The maximum Gasteiger partial charge on any atom is 0.407 e. The average Bonchev–Trinajstić information content (AvgIpc) is 3.53. The van der Waals surface area contributed by atoms with Gasteiger partial charge in [-0.05, 0) is 66.1 Å². The summed E-state index contributed by atoms with van der Waals surface area (Å²) >= 11 is 0. The van der Waals surface area contributed by atoms with Crippen LogP contribution in [0.25, 0.3) is 0 Å². The Morgan fingerprint density at radius 2 is 1.75 bits per heavy atom. The number of carbonyl (C=O) groups is 1. The number of ether oxygens (including phenoxy) is 3. The number of hydrogen-bond donors (Lipinski definition) is 1. The number of piperidine rings is 1. The first-order valence-corrected chi connectivity index (χ1v) is 16.0. The quantitative estimate of drug-likeness (QED) is 0.273. The third-order valence-electron chi connectivity index (χ3n) is 9.41. The van der Waals surface area contributed by atoms with Crippen molar-refractivity contribution in [2.45, 2.75) is 50.4 Å². The summed E-state index contributed by atoms with van der Waals surface area (Å²) in [5.41, 5.74) is 6.12. The van der Waals surface area contributed by atoms with E-state index in [0.717, 1.165) is 69.2 Å². The van der Waals surface area contributed by atoms with E-state index in [1.165, 1.54) is 28.0 Å². The lowest BCUT2D eigenvalue weighted by atomic mass is 9.86. The highest BCUT2D eigenvalue weighted by molar-refractivity contribution is 5.65. The van der Waals surface area contributed by atoms with Crippen LogP contribution >= 0.6 is 0 Å². The van der Waals surface area contributed by atoms with Crippen molar-refractivity contribution in [3.63, 3.8) is 0 Å². The zero-order chi connectivity index (χ0) is 30.3. The molecule has 6 rings (SSSR count). The molecule has 0 aromatic heterocycles. The van der Waals surface area contributed by atoms with Gasteiger partial charge >= 0.3 is 6.09 Å². The highest BCUT2D eigenvalue weighted by Gasteiger charge is 2.33. The number of methoxy groups -OCH3 is 1. The molecule has 0 bridgehead atoms. The summed E-state index contributed by atoms with van der Waals surface area (Å²) in [6.07, 6.45) is 1.79. The fourth-order valence-electron chi connectivity index (χ4n) is 6.99. The molecule has 2 fully saturated rings. The first kappa shape index (κ1) is 30.4. The lowest BCUT2D eigenvalue weighted by Crippen LogP contribution is -2.46. The van der Waals surface area contributed by atoms with Crippen molar-refractivity contribution in [2.75, 3.05) is 64.5 Å². The molecule has 0 aliphatic carbocycles. The SMILES string of the molecule is COCCCN1CCOc2ccc(COC3CN(C(=O)O)CCC3c3ccc(CN4CCC(c5ccccc5)C4)cc3)cc21. The number of hydrogen-bond acceptors (Lipinski definition) is 6. The van der Waals surface area contributed by atoms with Gasteiger partial charge < -0.3 is 29.1 Å². The molecule has 3 heterocycles. The highest BCUT2D eigenvalue weighted by Crippen LogP contribution is 2.35. The van der Waals surface area contributed by atoms with Gasteiger partial charge in [0.15, 0.2) is 0 Å². The Bertz CT molecular complexity index is 1370. The van der Waals surface area contributed by atoms with Gasteiger partial charge in [-0.15, -0.1) is 0 Å². The zero-order valence-electron chi connectivity index (χ0n) is 25.8. The standard InChI is InChI=1S/C36H45N3O5/c1-42-20-5-16-38-19-21-43-34-13-10-28(22-33(34)38)26-44-35-25-39(36(40)41)18-15-32(35)30-11-8-27(9-12-30)23-37-17-14-31(24-37)29-6-3-2-4-7-29/h2-4,6-13,22,31-32,35H,5,14-21,23-26H2,1H3,(H,40,41). The Morgan fingerprint density at radius 1 is 0.932 bits per heavy atom. The molecule has 0 spiro atoms. The van der Waals surface area contributed by atoms with E-state index < -0.39 is 6.09 Å². The smallest absolute Gasteiger partial charge is 0.407 e. The van der Waals surface area contributed by atoms with E-state index in [2.05, 4.69) is 76.5 Å². The second kappa shape index (κ2) is 14.5. The van der Waals surface area contributed by atoms with Crippen LogP contribution in [0.2, 0.25) is 0 Å². The third-order valence-corrected chi connectivity index (χ3v) is 9.41. The Hall–Kier alpha value is -3.59. The van der Waals surface area contributed by atoms with Gasteiger partial charge in [0.05, 0.1) is 31.5 Å². The number of fused-ring (bicyclic) bond motifs is 1. The predicted molar refractivity (Wildman–Crippen MR) is 172 cm³/mol. The number of amides is 1.